The highest BCUT2D eigenvalue weighted by molar-refractivity contribution is 8.00. The highest BCUT2D eigenvalue weighted by atomic mass is 32.2. The normalized spacial score (nSPS) is 10.6. The first-order valence-corrected chi connectivity index (χ1v) is 12.0. The van der Waals surface area contributed by atoms with E-state index < -0.39 is 0 Å². The summed E-state index contributed by atoms with van der Waals surface area (Å²) < 4.78 is 6.08. The molecule has 0 aliphatic heterocycles. The fourth-order valence-corrected chi connectivity index (χ4v) is 5.20. The van der Waals surface area contributed by atoms with Crippen LogP contribution in [0.25, 0.3) is 0 Å². The van der Waals surface area contributed by atoms with Crippen molar-refractivity contribution < 1.29 is 9.53 Å². The molecule has 158 valence electrons. The van der Waals surface area contributed by atoms with E-state index in [1.807, 2.05) is 60.0 Å². The molecule has 0 saturated carbocycles. The van der Waals surface area contributed by atoms with Gasteiger partial charge in [-0.05, 0) is 24.3 Å². The molecule has 31 heavy (non-hydrogen) atoms. The van der Waals surface area contributed by atoms with Crippen LogP contribution in [0.4, 0.5) is 16.5 Å². The molecule has 0 atom stereocenters. The van der Waals surface area contributed by atoms with Crippen molar-refractivity contribution in [3.63, 3.8) is 0 Å². The molecule has 7 nitrogen and oxygen atoms in total. The maximum absolute atomic E-state index is 12.2. The van der Waals surface area contributed by atoms with Gasteiger partial charge in [0.05, 0.1) is 19.2 Å². The van der Waals surface area contributed by atoms with E-state index in [-0.39, 0.29) is 12.3 Å². The number of methoxy groups -OCH3 is 1. The Hall–Kier alpha value is -2.95. The van der Waals surface area contributed by atoms with Gasteiger partial charge in [0.15, 0.2) is 4.34 Å². The quantitative estimate of drug-likeness (QED) is 0.325. The molecule has 2 N–H and O–H groups in total. The summed E-state index contributed by atoms with van der Waals surface area (Å²) in [5.41, 5.74) is 2.61. The second kappa shape index (κ2) is 10.4. The van der Waals surface area contributed by atoms with Crippen LogP contribution in [0.2, 0.25) is 0 Å². The molecule has 2 aromatic carbocycles. The third-order valence-corrected chi connectivity index (χ3v) is 6.94. The van der Waals surface area contributed by atoms with Crippen LogP contribution in [0, 0.1) is 0 Å². The molecule has 0 aliphatic rings. The van der Waals surface area contributed by atoms with Gasteiger partial charge in [-0.2, -0.15) is 0 Å². The van der Waals surface area contributed by atoms with Gasteiger partial charge >= 0.3 is 0 Å². The fourth-order valence-electron chi connectivity index (χ4n) is 2.64. The van der Waals surface area contributed by atoms with E-state index in [1.165, 1.54) is 22.7 Å². The number of thioether (sulfide) groups is 1. The fraction of sp³-hybridized carbons (Fsp3) is 0.143. The Morgan fingerprint density at radius 1 is 1.10 bits per heavy atom. The molecule has 0 unspecified atom stereocenters. The molecule has 1 amide bonds. The Morgan fingerprint density at radius 3 is 2.77 bits per heavy atom. The number of benzene rings is 2. The summed E-state index contributed by atoms with van der Waals surface area (Å²) in [5, 5.41) is 18.0. The summed E-state index contributed by atoms with van der Waals surface area (Å²) in [7, 11) is 1.64. The number of aromatic nitrogens is 3. The van der Waals surface area contributed by atoms with E-state index in [9.17, 15) is 4.79 Å². The zero-order valence-corrected chi connectivity index (χ0v) is 19.0. The Morgan fingerprint density at radius 2 is 1.94 bits per heavy atom. The molecular weight excluding hydrogens is 450 g/mol. The van der Waals surface area contributed by atoms with Gasteiger partial charge in [-0.1, -0.05) is 47.4 Å². The Labute approximate surface area is 191 Å². The second-order valence-electron chi connectivity index (χ2n) is 6.34. The van der Waals surface area contributed by atoms with E-state index in [0.717, 1.165) is 32.2 Å². The summed E-state index contributed by atoms with van der Waals surface area (Å²) in [5.74, 6) is 1.38. The zero-order valence-electron chi connectivity index (χ0n) is 16.6. The smallest absolute Gasteiger partial charge is 0.231 e. The van der Waals surface area contributed by atoms with Gasteiger partial charge in [-0.15, -0.1) is 21.5 Å². The number of para-hydroxylation sites is 1. The molecule has 10 heteroatoms. The second-order valence-corrected chi connectivity index (χ2v) is 9.48. The number of nitrogens with zero attached hydrogens (tertiary/aromatic N) is 3. The van der Waals surface area contributed by atoms with E-state index in [0.29, 0.717) is 10.9 Å². The molecule has 0 aliphatic carbocycles. The minimum Gasteiger partial charge on any atom is -0.497 e. The first-order chi connectivity index (χ1) is 15.2. The van der Waals surface area contributed by atoms with Gasteiger partial charge in [0.1, 0.15) is 10.8 Å². The van der Waals surface area contributed by atoms with Gasteiger partial charge in [0.25, 0.3) is 0 Å². The molecule has 2 heterocycles. The predicted octanol–water partition coefficient (Wildman–Crippen LogP) is 5.22. The lowest BCUT2D eigenvalue weighted by Crippen LogP contribution is -2.14. The van der Waals surface area contributed by atoms with Crippen molar-refractivity contribution in [1.82, 2.24) is 15.2 Å². The number of carbonyl (C=O) groups is 1. The number of ether oxygens (including phenoxy) is 1. The van der Waals surface area contributed by atoms with Gasteiger partial charge in [0, 0.05) is 28.6 Å². The molecular formula is C21H19N5O2S3. The molecule has 4 rings (SSSR count). The summed E-state index contributed by atoms with van der Waals surface area (Å²) in [6.45, 7) is 0. The number of amides is 1. The summed E-state index contributed by atoms with van der Waals surface area (Å²) in [6.07, 6.45) is 0.262. The Balaban J connectivity index is 1.27. The lowest BCUT2D eigenvalue weighted by molar-refractivity contribution is -0.115. The molecule has 0 saturated heterocycles. The van der Waals surface area contributed by atoms with Crippen LogP contribution in [-0.4, -0.2) is 28.2 Å². The number of hydrogen-bond donors (Lipinski definition) is 2. The third kappa shape index (κ3) is 6.27. The molecule has 0 fully saturated rings. The minimum atomic E-state index is -0.0721. The average molecular weight is 470 g/mol. The van der Waals surface area contributed by atoms with Gasteiger partial charge < -0.3 is 15.4 Å². The highest BCUT2D eigenvalue weighted by Crippen LogP contribution is 2.31. The number of carbonyl (C=O) groups excluding carboxylic acids is 1. The van der Waals surface area contributed by atoms with Crippen molar-refractivity contribution in [1.29, 1.82) is 0 Å². The van der Waals surface area contributed by atoms with Crippen LogP contribution < -0.4 is 15.4 Å². The van der Waals surface area contributed by atoms with E-state index in [2.05, 4.69) is 25.8 Å². The molecule has 2 aromatic heterocycles. The maximum Gasteiger partial charge on any atom is 0.231 e. The lowest BCUT2D eigenvalue weighted by Gasteiger charge is -2.04. The summed E-state index contributed by atoms with van der Waals surface area (Å²) in [6, 6.07) is 17.1. The molecule has 0 bridgehead atoms. The minimum absolute atomic E-state index is 0.0721. The summed E-state index contributed by atoms with van der Waals surface area (Å²) in [4.78, 5) is 16.7. The largest absolute Gasteiger partial charge is 0.497 e. The lowest BCUT2D eigenvalue weighted by atomic mass is 10.3. The number of rotatable bonds is 9. The van der Waals surface area contributed by atoms with Crippen LogP contribution in [0.5, 0.6) is 5.75 Å². The Kier molecular flexibility index (Phi) is 7.13. The molecule has 0 radical (unpaired) electrons. The van der Waals surface area contributed by atoms with Gasteiger partial charge in [-0.25, -0.2) is 4.98 Å². The number of hydrogen-bond acceptors (Lipinski definition) is 9. The van der Waals surface area contributed by atoms with Crippen molar-refractivity contribution in [2.45, 2.75) is 16.5 Å². The number of nitrogens with one attached hydrogen (secondary N) is 2. The number of anilines is 3. The first-order valence-electron chi connectivity index (χ1n) is 9.33. The molecule has 0 spiro atoms. The molecule has 4 aromatic rings. The van der Waals surface area contributed by atoms with E-state index >= 15 is 0 Å². The predicted molar refractivity (Wildman–Crippen MR) is 127 cm³/mol. The third-order valence-electron chi connectivity index (χ3n) is 4.04. The van der Waals surface area contributed by atoms with Crippen LogP contribution in [0.1, 0.15) is 10.7 Å². The van der Waals surface area contributed by atoms with Crippen LogP contribution in [-0.2, 0) is 17.0 Å². The number of thiazole rings is 1. The SMILES string of the molecule is COc1cccc(Nc2nnc(SCc3csc(CC(=O)Nc4ccccc4)n3)s2)c1. The van der Waals surface area contributed by atoms with Crippen molar-refractivity contribution in [3.8, 4) is 5.75 Å². The van der Waals surface area contributed by atoms with Crippen molar-refractivity contribution in [2.24, 2.45) is 0 Å². The van der Waals surface area contributed by atoms with Gasteiger partial charge in [-0.3, -0.25) is 4.79 Å². The standard InChI is InChI=1S/C21H19N5O2S3/c1-28-17-9-5-8-15(10-17)24-20-25-26-21(31-20)30-13-16-12-29-19(23-16)11-18(27)22-14-6-3-2-4-7-14/h2-10,12H,11,13H2,1H3,(H,22,27)(H,24,25). The van der Waals surface area contributed by atoms with Crippen molar-refractivity contribution in [3.05, 3.63) is 70.7 Å². The van der Waals surface area contributed by atoms with Crippen molar-refractivity contribution >= 4 is 56.8 Å². The van der Waals surface area contributed by atoms with E-state index in [1.54, 1.807) is 18.9 Å². The zero-order chi connectivity index (χ0) is 21.5. The topological polar surface area (TPSA) is 89.0 Å². The maximum atomic E-state index is 12.2. The Bertz CT molecular complexity index is 1150. The van der Waals surface area contributed by atoms with Crippen molar-refractivity contribution in [2.75, 3.05) is 17.7 Å². The van der Waals surface area contributed by atoms with E-state index in [4.69, 9.17) is 4.74 Å². The van der Waals surface area contributed by atoms with Gasteiger partial charge in [0.2, 0.25) is 11.0 Å². The van der Waals surface area contributed by atoms with Crippen LogP contribution in [0.15, 0.2) is 64.3 Å². The summed E-state index contributed by atoms with van der Waals surface area (Å²) >= 11 is 4.54. The highest BCUT2D eigenvalue weighted by Gasteiger charge is 2.11. The monoisotopic (exact) mass is 469 g/mol. The van der Waals surface area contributed by atoms with Crippen LogP contribution in [0.3, 0.4) is 0 Å². The van der Waals surface area contributed by atoms with Crippen LogP contribution >= 0.6 is 34.4 Å². The first kappa shape index (κ1) is 21.3. The average Bonchev–Trinajstić information content (AvgIpc) is 3.42.